The predicted molar refractivity (Wildman–Crippen MR) is 93.7 cm³/mol. The zero-order chi connectivity index (χ0) is 19.2. The first-order valence-electron chi connectivity index (χ1n) is 8.97. The summed E-state index contributed by atoms with van der Waals surface area (Å²) in [7, 11) is 1.82. The Balaban J connectivity index is 1.94. The fourth-order valence-electron chi connectivity index (χ4n) is 3.13. The van der Waals surface area contributed by atoms with Crippen molar-refractivity contribution in [1.29, 1.82) is 0 Å². The lowest BCUT2D eigenvalue weighted by molar-refractivity contribution is -0.146. The summed E-state index contributed by atoms with van der Waals surface area (Å²) >= 11 is 0. The van der Waals surface area contributed by atoms with Gasteiger partial charge in [-0.15, -0.1) is 0 Å². The van der Waals surface area contributed by atoms with Gasteiger partial charge in [-0.1, -0.05) is 6.92 Å². The zero-order valence-corrected chi connectivity index (χ0v) is 15.6. The van der Waals surface area contributed by atoms with Gasteiger partial charge in [-0.3, -0.25) is 9.58 Å². The molecule has 0 aliphatic carbocycles. The molecular formula is C16H28F3N7. The number of aryl methyl sites for hydroxylation is 1. The number of guanidine groups is 1. The summed E-state index contributed by atoms with van der Waals surface area (Å²) in [6.07, 6.45) is -1.80. The normalized spacial score (nSPS) is 18.8. The van der Waals surface area contributed by atoms with E-state index in [1.165, 1.54) is 11.2 Å². The van der Waals surface area contributed by atoms with Crippen molar-refractivity contribution in [3.8, 4) is 0 Å². The number of halogens is 3. The van der Waals surface area contributed by atoms with Gasteiger partial charge >= 0.3 is 6.18 Å². The predicted octanol–water partition coefficient (Wildman–Crippen LogP) is 1.49. The average molecular weight is 375 g/mol. The molecule has 1 aliphatic rings. The van der Waals surface area contributed by atoms with Crippen LogP contribution in [0.3, 0.4) is 0 Å². The number of alkyl halides is 3. The quantitative estimate of drug-likeness (QED) is 0.578. The molecule has 1 aliphatic heterocycles. The number of hydrogen-bond acceptors (Lipinski definition) is 4. The second-order valence-electron chi connectivity index (χ2n) is 6.51. The minimum atomic E-state index is -4.15. The zero-order valence-electron chi connectivity index (χ0n) is 15.6. The van der Waals surface area contributed by atoms with Crippen LogP contribution < -0.4 is 5.32 Å². The molecule has 7 nitrogen and oxygen atoms in total. The number of aliphatic imine (C=N–C) groups is 1. The molecule has 0 spiro atoms. The molecule has 2 rings (SSSR count). The van der Waals surface area contributed by atoms with Crippen LogP contribution in [0.2, 0.25) is 0 Å². The molecule has 0 radical (unpaired) electrons. The number of likely N-dealkylation sites (tertiary alicyclic amines) is 1. The number of aromatic nitrogens is 3. The fourth-order valence-corrected chi connectivity index (χ4v) is 3.13. The molecule has 1 N–H and O–H groups in total. The Bertz CT molecular complexity index is 585. The molecule has 10 heteroatoms. The van der Waals surface area contributed by atoms with Crippen LogP contribution in [0.4, 0.5) is 13.2 Å². The SMILES string of the molecule is CCNC(=NCc1ncnn1C)N1CCC(CN(CC)CC(F)(F)F)C1. The monoisotopic (exact) mass is 375 g/mol. The van der Waals surface area contributed by atoms with E-state index in [1.54, 1.807) is 11.6 Å². The Morgan fingerprint density at radius 2 is 2.19 bits per heavy atom. The lowest BCUT2D eigenvalue weighted by Crippen LogP contribution is -2.41. The van der Waals surface area contributed by atoms with Gasteiger partial charge in [0, 0.05) is 33.2 Å². The van der Waals surface area contributed by atoms with Crippen molar-refractivity contribution in [3.05, 3.63) is 12.2 Å². The molecular weight excluding hydrogens is 347 g/mol. The van der Waals surface area contributed by atoms with Crippen molar-refractivity contribution < 1.29 is 13.2 Å². The molecule has 0 aromatic carbocycles. The van der Waals surface area contributed by atoms with Crippen LogP contribution in [0, 0.1) is 5.92 Å². The molecule has 2 heterocycles. The second kappa shape index (κ2) is 9.20. The molecule has 1 atom stereocenters. The first-order chi connectivity index (χ1) is 12.3. The minimum Gasteiger partial charge on any atom is -0.357 e. The summed E-state index contributed by atoms with van der Waals surface area (Å²) in [5.74, 6) is 1.74. The molecule has 0 bridgehead atoms. The highest BCUT2D eigenvalue weighted by molar-refractivity contribution is 5.80. The summed E-state index contributed by atoms with van der Waals surface area (Å²) in [4.78, 5) is 12.4. The maximum Gasteiger partial charge on any atom is 0.401 e. The van der Waals surface area contributed by atoms with Gasteiger partial charge in [0.15, 0.2) is 5.96 Å². The summed E-state index contributed by atoms with van der Waals surface area (Å²) in [6.45, 7) is 6.41. The van der Waals surface area contributed by atoms with Crippen molar-refractivity contribution in [2.24, 2.45) is 18.0 Å². The minimum absolute atomic E-state index is 0.205. The average Bonchev–Trinajstić information content (AvgIpc) is 3.19. The van der Waals surface area contributed by atoms with Gasteiger partial charge in [0.2, 0.25) is 0 Å². The molecule has 1 aromatic rings. The van der Waals surface area contributed by atoms with Crippen molar-refractivity contribution in [2.75, 3.05) is 39.3 Å². The van der Waals surface area contributed by atoms with Crippen LogP contribution in [0.1, 0.15) is 26.1 Å². The van der Waals surface area contributed by atoms with Crippen molar-refractivity contribution in [2.45, 2.75) is 33.0 Å². The van der Waals surface area contributed by atoms with E-state index in [0.717, 1.165) is 31.3 Å². The van der Waals surface area contributed by atoms with E-state index in [9.17, 15) is 13.2 Å². The van der Waals surface area contributed by atoms with Crippen LogP contribution in [0.25, 0.3) is 0 Å². The third-order valence-electron chi connectivity index (χ3n) is 4.46. The van der Waals surface area contributed by atoms with Crippen molar-refractivity contribution in [1.82, 2.24) is 29.9 Å². The van der Waals surface area contributed by atoms with Gasteiger partial charge < -0.3 is 10.2 Å². The Hall–Kier alpha value is -1.84. The summed E-state index contributed by atoms with van der Waals surface area (Å²) in [5, 5.41) is 7.28. The maximum atomic E-state index is 12.6. The van der Waals surface area contributed by atoms with Crippen molar-refractivity contribution in [3.63, 3.8) is 0 Å². The highest BCUT2D eigenvalue weighted by Gasteiger charge is 2.33. The van der Waals surface area contributed by atoms with E-state index in [-0.39, 0.29) is 5.92 Å². The van der Waals surface area contributed by atoms with Crippen LogP contribution in [-0.4, -0.2) is 76.0 Å². The third-order valence-corrected chi connectivity index (χ3v) is 4.46. The standard InChI is InChI=1S/C16H28F3N7/c1-4-20-15(21-8-14-22-12-23-24(14)3)26-7-6-13(10-26)9-25(5-2)11-16(17,18)19/h12-13H,4-11H2,1-3H3,(H,20,21). The largest absolute Gasteiger partial charge is 0.401 e. The Morgan fingerprint density at radius 1 is 1.42 bits per heavy atom. The molecule has 1 saturated heterocycles. The van der Waals surface area contributed by atoms with Gasteiger partial charge in [0.1, 0.15) is 18.7 Å². The van der Waals surface area contributed by atoms with Gasteiger partial charge in [0.05, 0.1) is 6.54 Å². The molecule has 1 aromatic heterocycles. The number of rotatable bonds is 7. The molecule has 148 valence electrons. The Labute approximate surface area is 152 Å². The van der Waals surface area contributed by atoms with Gasteiger partial charge in [-0.25, -0.2) is 9.98 Å². The highest BCUT2D eigenvalue weighted by Crippen LogP contribution is 2.21. The van der Waals surface area contributed by atoms with E-state index in [4.69, 9.17) is 0 Å². The molecule has 26 heavy (non-hydrogen) atoms. The summed E-state index contributed by atoms with van der Waals surface area (Å²) in [5.41, 5.74) is 0. The Kier molecular flexibility index (Phi) is 7.24. The van der Waals surface area contributed by atoms with Crippen LogP contribution in [-0.2, 0) is 13.6 Å². The van der Waals surface area contributed by atoms with Gasteiger partial charge in [-0.05, 0) is 25.8 Å². The van der Waals surface area contributed by atoms with E-state index < -0.39 is 12.7 Å². The molecule has 1 unspecified atom stereocenters. The Morgan fingerprint density at radius 3 is 2.77 bits per heavy atom. The van der Waals surface area contributed by atoms with Gasteiger partial charge in [-0.2, -0.15) is 18.3 Å². The first-order valence-corrected chi connectivity index (χ1v) is 8.97. The third kappa shape index (κ3) is 6.15. The maximum absolute atomic E-state index is 12.6. The van der Waals surface area contributed by atoms with E-state index in [0.29, 0.717) is 26.2 Å². The fraction of sp³-hybridized carbons (Fsp3) is 0.812. The number of hydrogen-bond donors (Lipinski definition) is 1. The van der Waals surface area contributed by atoms with Gasteiger partial charge in [0.25, 0.3) is 0 Å². The highest BCUT2D eigenvalue weighted by atomic mass is 19.4. The molecule has 0 amide bonds. The van der Waals surface area contributed by atoms with E-state index in [1.807, 2.05) is 14.0 Å². The number of nitrogens with one attached hydrogen (secondary N) is 1. The topological polar surface area (TPSA) is 61.6 Å². The van der Waals surface area contributed by atoms with Crippen LogP contribution in [0.5, 0.6) is 0 Å². The lowest BCUT2D eigenvalue weighted by atomic mass is 10.1. The van der Waals surface area contributed by atoms with Crippen LogP contribution in [0.15, 0.2) is 11.3 Å². The first kappa shape index (κ1) is 20.5. The van der Waals surface area contributed by atoms with Crippen LogP contribution >= 0.6 is 0 Å². The molecule has 1 fully saturated rings. The molecule has 0 saturated carbocycles. The smallest absolute Gasteiger partial charge is 0.357 e. The summed E-state index contributed by atoms with van der Waals surface area (Å²) < 4.78 is 39.6. The van der Waals surface area contributed by atoms with Crippen molar-refractivity contribution >= 4 is 5.96 Å². The summed E-state index contributed by atoms with van der Waals surface area (Å²) in [6, 6.07) is 0. The number of nitrogens with zero attached hydrogens (tertiary/aromatic N) is 6. The van der Waals surface area contributed by atoms with E-state index >= 15 is 0 Å². The lowest BCUT2D eigenvalue weighted by Gasteiger charge is -2.26. The van der Waals surface area contributed by atoms with E-state index in [2.05, 4.69) is 25.3 Å². The second-order valence-corrected chi connectivity index (χ2v) is 6.51.